The molecular formula is C16H12N6O2S. The van der Waals surface area contributed by atoms with Crippen LogP contribution in [0.3, 0.4) is 0 Å². The van der Waals surface area contributed by atoms with Gasteiger partial charge in [0.15, 0.2) is 5.13 Å². The highest BCUT2D eigenvalue weighted by atomic mass is 32.1. The minimum Gasteiger partial charge on any atom is -0.497 e. The zero-order chi connectivity index (χ0) is 17.2. The normalized spacial score (nSPS) is 10.8. The van der Waals surface area contributed by atoms with Gasteiger partial charge in [-0.05, 0) is 30.3 Å². The quantitative estimate of drug-likeness (QED) is 0.606. The van der Waals surface area contributed by atoms with Gasteiger partial charge in [-0.15, -0.1) is 16.4 Å². The fraction of sp³-hybridized carbons (Fsp3) is 0.0625. The summed E-state index contributed by atoms with van der Waals surface area (Å²) in [5.74, 6) is 0.755. The first-order valence-electron chi connectivity index (χ1n) is 7.31. The maximum absolute atomic E-state index is 12.3. The van der Waals surface area contributed by atoms with Gasteiger partial charge in [0.1, 0.15) is 5.75 Å². The van der Waals surface area contributed by atoms with Crippen LogP contribution >= 0.6 is 11.3 Å². The third kappa shape index (κ3) is 3.04. The summed E-state index contributed by atoms with van der Waals surface area (Å²) >= 11 is 1.33. The van der Waals surface area contributed by atoms with Crippen molar-refractivity contribution in [3.05, 3.63) is 53.9 Å². The molecule has 0 saturated carbocycles. The number of benzene rings is 1. The second-order valence-electron chi connectivity index (χ2n) is 5.02. The Hall–Kier alpha value is -3.33. The Morgan fingerprint density at radius 3 is 2.84 bits per heavy atom. The number of amides is 1. The van der Waals surface area contributed by atoms with E-state index in [0.29, 0.717) is 10.9 Å². The second kappa shape index (κ2) is 6.29. The van der Waals surface area contributed by atoms with Crippen molar-refractivity contribution in [2.24, 2.45) is 0 Å². The van der Waals surface area contributed by atoms with Gasteiger partial charge in [0.25, 0.3) is 11.7 Å². The molecule has 0 unspecified atom stereocenters. The van der Waals surface area contributed by atoms with Crippen molar-refractivity contribution in [1.29, 1.82) is 0 Å². The number of anilines is 1. The molecule has 9 heteroatoms. The van der Waals surface area contributed by atoms with Crippen molar-refractivity contribution >= 4 is 28.2 Å². The number of nitrogens with one attached hydrogen (secondary N) is 1. The number of hydrogen-bond donors (Lipinski definition) is 1. The summed E-state index contributed by atoms with van der Waals surface area (Å²) in [5.41, 5.74) is 1.71. The number of carbonyl (C=O) groups is 1. The number of thiazole rings is 1. The zero-order valence-corrected chi connectivity index (χ0v) is 13.9. The number of aromatic nitrogens is 5. The average molecular weight is 352 g/mol. The molecule has 4 rings (SSSR count). The predicted octanol–water partition coefficient (Wildman–Crippen LogP) is 2.51. The first-order valence-corrected chi connectivity index (χ1v) is 8.19. The topological polar surface area (TPSA) is 94.3 Å². The molecule has 1 N–H and O–H groups in total. The first kappa shape index (κ1) is 15.2. The van der Waals surface area contributed by atoms with Gasteiger partial charge in [0.05, 0.1) is 12.8 Å². The second-order valence-corrected chi connectivity index (χ2v) is 5.88. The molecule has 0 aliphatic carbocycles. The van der Waals surface area contributed by atoms with Gasteiger partial charge in [-0.1, -0.05) is 0 Å². The number of carbonyl (C=O) groups excluding carboxylic acids is 1. The monoisotopic (exact) mass is 352 g/mol. The number of nitrogens with zero attached hydrogens (tertiary/aromatic N) is 5. The molecule has 0 saturated heterocycles. The summed E-state index contributed by atoms with van der Waals surface area (Å²) in [4.78, 5) is 24.8. The summed E-state index contributed by atoms with van der Waals surface area (Å²) in [6, 6.07) is 9.26. The predicted molar refractivity (Wildman–Crippen MR) is 92.8 cm³/mol. The minimum atomic E-state index is -0.430. The number of fused-ring (bicyclic) bond motifs is 1. The van der Waals surface area contributed by atoms with Crippen LogP contribution in [0.2, 0.25) is 0 Å². The highest BCUT2D eigenvalue weighted by Crippen LogP contribution is 2.26. The minimum absolute atomic E-state index is 0.0416. The molecule has 0 aliphatic heterocycles. The van der Waals surface area contributed by atoms with Crippen LogP contribution in [0.15, 0.2) is 48.1 Å². The van der Waals surface area contributed by atoms with E-state index in [2.05, 4.69) is 25.4 Å². The lowest BCUT2D eigenvalue weighted by Gasteiger charge is -2.00. The Labute approximate surface area is 146 Å². The number of hydrogen-bond acceptors (Lipinski definition) is 7. The van der Waals surface area contributed by atoms with Crippen LogP contribution in [0, 0.1) is 0 Å². The maximum atomic E-state index is 12.3. The van der Waals surface area contributed by atoms with Gasteiger partial charge >= 0.3 is 0 Å². The average Bonchev–Trinajstić information content (AvgIpc) is 3.28. The Bertz CT molecular complexity index is 1010. The number of rotatable bonds is 4. The van der Waals surface area contributed by atoms with Crippen LogP contribution in [0.5, 0.6) is 5.75 Å². The molecule has 0 bridgehead atoms. The van der Waals surface area contributed by atoms with Crippen LogP contribution in [0.4, 0.5) is 5.13 Å². The lowest BCUT2D eigenvalue weighted by atomic mass is 10.2. The number of methoxy groups -OCH3 is 1. The van der Waals surface area contributed by atoms with E-state index in [1.807, 2.05) is 29.6 Å². The molecular weight excluding hydrogens is 340 g/mol. The van der Waals surface area contributed by atoms with E-state index >= 15 is 0 Å². The van der Waals surface area contributed by atoms with Crippen molar-refractivity contribution in [3.63, 3.8) is 0 Å². The summed E-state index contributed by atoms with van der Waals surface area (Å²) < 4.78 is 6.59. The molecule has 1 aromatic carbocycles. The standard InChI is InChI=1S/C16H12N6O2S/c1-24-11-5-3-10(4-6-11)12-9-25-16(18-12)20-14(23)13-19-15-17-7-2-8-22(15)21-13/h2-9H,1H3,(H,18,20,23). The van der Waals surface area contributed by atoms with Crippen LogP contribution in [0.25, 0.3) is 17.0 Å². The molecule has 0 spiro atoms. The first-order chi connectivity index (χ1) is 12.2. The number of ether oxygens (including phenoxy) is 1. The summed E-state index contributed by atoms with van der Waals surface area (Å²) in [5, 5.41) is 9.14. The van der Waals surface area contributed by atoms with E-state index in [9.17, 15) is 4.79 Å². The summed E-state index contributed by atoms with van der Waals surface area (Å²) in [6.07, 6.45) is 3.27. The third-order valence-corrected chi connectivity index (χ3v) is 4.19. The zero-order valence-electron chi connectivity index (χ0n) is 13.1. The highest BCUT2D eigenvalue weighted by molar-refractivity contribution is 7.14. The third-order valence-electron chi connectivity index (χ3n) is 3.43. The van der Waals surface area contributed by atoms with Crippen LogP contribution in [-0.2, 0) is 0 Å². The van der Waals surface area contributed by atoms with E-state index < -0.39 is 5.91 Å². The van der Waals surface area contributed by atoms with Crippen molar-refractivity contribution in [1.82, 2.24) is 24.6 Å². The summed E-state index contributed by atoms with van der Waals surface area (Å²) in [7, 11) is 1.62. The van der Waals surface area contributed by atoms with Crippen LogP contribution in [0.1, 0.15) is 10.6 Å². The van der Waals surface area contributed by atoms with Crippen LogP contribution < -0.4 is 10.1 Å². The SMILES string of the molecule is COc1ccc(-c2csc(NC(=O)c3nc4ncccn4n3)n2)cc1. The fourth-order valence-corrected chi connectivity index (χ4v) is 2.92. The Kier molecular flexibility index (Phi) is 3.82. The van der Waals surface area contributed by atoms with Gasteiger partial charge in [-0.3, -0.25) is 10.1 Å². The van der Waals surface area contributed by atoms with Gasteiger partial charge in [0.2, 0.25) is 5.82 Å². The van der Waals surface area contributed by atoms with E-state index in [1.54, 1.807) is 25.6 Å². The maximum Gasteiger partial charge on any atom is 0.297 e. The fourth-order valence-electron chi connectivity index (χ4n) is 2.21. The van der Waals surface area contributed by atoms with Gasteiger partial charge in [-0.2, -0.15) is 4.98 Å². The lowest BCUT2D eigenvalue weighted by molar-refractivity contribution is 0.101. The van der Waals surface area contributed by atoms with Crippen LogP contribution in [-0.4, -0.2) is 37.6 Å². The molecule has 0 radical (unpaired) electrons. The molecule has 0 fully saturated rings. The van der Waals surface area contributed by atoms with E-state index in [-0.39, 0.29) is 5.82 Å². The van der Waals surface area contributed by atoms with Gasteiger partial charge in [-0.25, -0.2) is 14.5 Å². The van der Waals surface area contributed by atoms with Gasteiger partial charge < -0.3 is 4.74 Å². The van der Waals surface area contributed by atoms with Crippen molar-refractivity contribution in [3.8, 4) is 17.0 Å². The van der Waals surface area contributed by atoms with E-state index in [0.717, 1.165) is 17.0 Å². The molecule has 3 heterocycles. The molecule has 3 aromatic heterocycles. The Balaban J connectivity index is 1.52. The Morgan fingerprint density at radius 1 is 1.24 bits per heavy atom. The largest absolute Gasteiger partial charge is 0.497 e. The molecule has 0 atom stereocenters. The molecule has 0 aliphatic rings. The lowest BCUT2D eigenvalue weighted by Crippen LogP contribution is -2.13. The van der Waals surface area contributed by atoms with Crippen molar-refractivity contribution in [2.75, 3.05) is 12.4 Å². The van der Waals surface area contributed by atoms with Crippen molar-refractivity contribution in [2.45, 2.75) is 0 Å². The van der Waals surface area contributed by atoms with Crippen molar-refractivity contribution < 1.29 is 9.53 Å². The smallest absolute Gasteiger partial charge is 0.297 e. The molecule has 1 amide bonds. The molecule has 124 valence electrons. The summed E-state index contributed by atoms with van der Waals surface area (Å²) in [6.45, 7) is 0. The molecule has 8 nitrogen and oxygen atoms in total. The molecule has 25 heavy (non-hydrogen) atoms. The van der Waals surface area contributed by atoms with Gasteiger partial charge in [0, 0.05) is 23.3 Å². The van der Waals surface area contributed by atoms with E-state index in [4.69, 9.17) is 4.74 Å². The van der Waals surface area contributed by atoms with E-state index in [1.165, 1.54) is 15.9 Å². The Morgan fingerprint density at radius 2 is 2.08 bits per heavy atom. The molecule has 4 aromatic rings. The highest BCUT2D eigenvalue weighted by Gasteiger charge is 2.15.